The van der Waals surface area contributed by atoms with Gasteiger partial charge in [-0.15, -0.1) is 0 Å². The molecule has 4 heteroatoms. The van der Waals surface area contributed by atoms with Crippen molar-refractivity contribution in [2.75, 3.05) is 19.8 Å². The van der Waals surface area contributed by atoms with E-state index in [1.54, 1.807) is 0 Å². The first-order chi connectivity index (χ1) is 8.76. The van der Waals surface area contributed by atoms with Crippen molar-refractivity contribution in [3.63, 3.8) is 0 Å². The molecule has 0 aromatic carbocycles. The van der Waals surface area contributed by atoms with Gasteiger partial charge in [-0.05, 0) is 39.2 Å². The number of hydrogen-bond donors (Lipinski definition) is 1. The molecule has 1 rings (SSSR count). The van der Waals surface area contributed by atoms with Gasteiger partial charge in [-0.1, -0.05) is 13.3 Å². The summed E-state index contributed by atoms with van der Waals surface area (Å²) in [5.74, 6) is -0.0878. The fraction of sp³-hybridized carbons (Fsp3) is 0.929. The molecule has 18 heavy (non-hydrogen) atoms. The van der Waals surface area contributed by atoms with Gasteiger partial charge in [-0.3, -0.25) is 4.79 Å². The van der Waals surface area contributed by atoms with E-state index in [0.29, 0.717) is 25.2 Å². The third-order valence-electron chi connectivity index (χ3n) is 3.27. The topological polar surface area (TPSA) is 47.6 Å². The van der Waals surface area contributed by atoms with Crippen LogP contribution >= 0.6 is 0 Å². The second kappa shape index (κ2) is 9.34. The molecular weight excluding hydrogens is 230 g/mol. The van der Waals surface area contributed by atoms with E-state index in [9.17, 15) is 4.79 Å². The lowest BCUT2D eigenvalue weighted by molar-refractivity contribution is -0.143. The molecule has 2 unspecified atom stereocenters. The minimum absolute atomic E-state index is 0.0878. The van der Waals surface area contributed by atoms with E-state index >= 15 is 0 Å². The summed E-state index contributed by atoms with van der Waals surface area (Å²) in [6.07, 6.45) is 6.32. The van der Waals surface area contributed by atoms with Crippen LogP contribution in [0, 0.1) is 0 Å². The zero-order valence-electron chi connectivity index (χ0n) is 11.7. The Bertz CT molecular complexity index is 231. The van der Waals surface area contributed by atoms with E-state index in [-0.39, 0.29) is 5.97 Å². The van der Waals surface area contributed by atoms with E-state index < -0.39 is 0 Å². The molecule has 0 aromatic rings. The highest BCUT2D eigenvalue weighted by atomic mass is 16.5. The van der Waals surface area contributed by atoms with Crippen molar-refractivity contribution in [2.24, 2.45) is 0 Å². The van der Waals surface area contributed by atoms with Gasteiger partial charge in [0.2, 0.25) is 0 Å². The van der Waals surface area contributed by atoms with Gasteiger partial charge in [0, 0.05) is 19.1 Å². The predicted octanol–water partition coefficient (Wildman–Crippen LogP) is 2.27. The molecular formula is C14H27NO3. The first-order valence-corrected chi connectivity index (χ1v) is 7.26. The van der Waals surface area contributed by atoms with E-state index in [1.165, 1.54) is 6.42 Å². The van der Waals surface area contributed by atoms with E-state index in [4.69, 9.17) is 9.47 Å². The first kappa shape index (κ1) is 15.4. The average Bonchev–Trinajstić information content (AvgIpc) is 2.36. The summed E-state index contributed by atoms with van der Waals surface area (Å²) in [4.78, 5) is 11.2. The van der Waals surface area contributed by atoms with Crippen molar-refractivity contribution < 1.29 is 14.3 Å². The average molecular weight is 257 g/mol. The molecule has 0 amide bonds. The number of carbonyl (C=O) groups is 1. The Morgan fingerprint density at radius 3 is 3.00 bits per heavy atom. The van der Waals surface area contributed by atoms with Crippen LogP contribution in [0.4, 0.5) is 0 Å². The van der Waals surface area contributed by atoms with Crippen LogP contribution in [0.1, 0.15) is 52.4 Å². The molecule has 1 N–H and O–H groups in total. The van der Waals surface area contributed by atoms with Crippen molar-refractivity contribution >= 4 is 5.97 Å². The van der Waals surface area contributed by atoms with Crippen molar-refractivity contribution in [2.45, 2.75) is 64.5 Å². The van der Waals surface area contributed by atoms with Crippen LogP contribution in [0.25, 0.3) is 0 Å². The zero-order valence-corrected chi connectivity index (χ0v) is 11.7. The van der Waals surface area contributed by atoms with Crippen LogP contribution in [0.2, 0.25) is 0 Å². The number of nitrogens with one attached hydrogen (secondary N) is 1. The molecule has 1 aliphatic rings. The Labute approximate surface area is 110 Å². The predicted molar refractivity (Wildman–Crippen MR) is 71.5 cm³/mol. The summed E-state index contributed by atoms with van der Waals surface area (Å²) >= 11 is 0. The molecule has 2 atom stereocenters. The third-order valence-corrected chi connectivity index (χ3v) is 3.27. The van der Waals surface area contributed by atoms with Crippen molar-refractivity contribution in [1.82, 2.24) is 5.32 Å². The smallest absolute Gasteiger partial charge is 0.305 e. The summed E-state index contributed by atoms with van der Waals surface area (Å²) < 4.78 is 10.6. The lowest BCUT2D eigenvalue weighted by Crippen LogP contribution is -2.39. The van der Waals surface area contributed by atoms with Crippen molar-refractivity contribution in [1.29, 1.82) is 0 Å². The highest BCUT2D eigenvalue weighted by Gasteiger charge is 2.21. The highest BCUT2D eigenvalue weighted by Crippen LogP contribution is 2.17. The van der Waals surface area contributed by atoms with Gasteiger partial charge < -0.3 is 14.8 Å². The molecule has 0 radical (unpaired) electrons. The van der Waals surface area contributed by atoms with Gasteiger partial charge in [0.25, 0.3) is 0 Å². The Hall–Kier alpha value is -0.610. The Morgan fingerprint density at radius 2 is 2.28 bits per heavy atom. The molecule has 4 nitrogen and oxygen atoms in total. The quantitative estimate of drug-likeness (QED) is 0.535. The molecule has 0 aliphatic carbocycles. The van der Waals surface area contributed by atoms with Gasteiger partial charge in [-0.2, -0.15) is 0 Å². The second-order valence-corrected chi connectivity index (χ2v) is 4.87. The highest BCUT2D eigenvalue weighted by molar-refractivity contribution is 5.69. The van der Waals surface area contributed by atoms with Gasteiger partial charge in [0.1, 0.15) is 0 Å². The van der Waals surface area contributed by atoms with Crippen molar-refractivity contribution in [3.05, 3.63) is 0 Å². The molecule has 1 aliphatic heterocycles. The molecule has 0 spiro atoms. The van der Waals surface area contributed by atoms with Crippen LogP contribution in [0.15, 0.2) is 0 Å². The molecule has 0 bridgehead atoms. The second-order valence-electron chi connectivity index (χ2n) is 4.87. The fourth-order valence-corrected chi connectivity index (χ4v) is 2.36. The Balaban J connectivity index is 2.06. The van der Waals surface area contributed by atoms with E-state index in [2.05, 4.69) is 12.2 Å². The molecule has 1 heterocycles. The molecule has 106 valence electrons. The minimum atomic E-state index is -0.0878. The number of esters is 1. The number of ether oxygens (including phenoxy) is 2. The van der Waals surface area contributed by atoms with Crippen LogP contribution in [-0.4, -0.2) is 37.9 Å². The van der Waals surface area contributed by atoms with Crippen LogP contribution in [0.3, 0.4) is 0 Å². The fourth-order valence-electron chi connectivity index (χ4n) is 2.36. The van der Waals surface area contributed by atoms with Gasteiger partial charge >= 0.3 is 5.97 Å². The number of carbonyl (C=O) groups excluding carboxylic acids is 1. The van der Waals surface area contributed by atoms with Crippen LogP contribution in [-0.2, 0) is 14.3 Å². The summed E-state index contributed by atoms with van der Waals surface area (Å²) in [5.41, 5.74) is 0. The SMILES string of the molecule is CCCC1CC(NCCCC(=O)OCC)CCO1. The summed E-state index contributed by atoms with van der Waals surface area (Å²) in [6, 6.07) is 0.553. The third kappa shape index (κ3) is 6.36. The summed E-state index contributed by atoms with van der Waals surface area (Å²) in [5, 5.41) is 3.52. The monoisotopic (exact) mass is 257 g/mol. The zero-order chi connectivity index (χ0) is 13.2. The maximum atomic E-state index is 11.2. The Kier molecular flexibility index (Phi) is 8.01. The molecule has 0 saturated carbocycles. The van der Waals surface area contributed by atoms with E-state index in [1.807, 2.05) is 6.92 Å². The first-order valence-electron chi connectivity index (χ1n) is 7.26. The maximum Gasteiger partial charge on any atom is 0.305 e. The lowest BCUT2D eigenvalue weighted by atomic mass is 10.00. The van der Waals surface area contributed by atoms with E-state index in [0.717, 1.165) is 38.8 Å². The maximum absolute atomic E-state index is 11.2. The normalized spacial score (nSPS) is 23.9. The minimum Gasteiger partial charge on any atom is -0.466 e. The lowest BCUT2D eigenvalue weighted by Gasteiger charge is -2.30. The molecule has 1 saturated heterocycles. The van der Waals surface area contributed by atoms with Crippen molar-refractivity contribution in [3.8, 4) is 0 Å². The standard InChI is InChI=1S/C14H27NO3/c1-3-6-13-11-12(8-10-18-13)15-9-5-7-14(16)17-4-2/h12-13,15H,3-11H2,1-2H3. The van der Waals surface area contributed by atoms with Gasteiger partial charge in [-0.25, -0.2) is 0 Å². The number of hydrogen-bond acceptors (Lipinski definition) is 4. The molecule has 0 aromatic heterocycles. The summed E-state index contributed by atoms with van der Waals surface area (Å²) in [6.45, 7) is 6.26. The summed E-state index contributed by atoms with van der Waals surface area (Å²) in [7, 11) is 0. The van der Waals surface area contributed by atoms with Crippen LogP contribution < -0.4 is 5.32 Å². The Morgan fingerprint density at radius 1 is 1.44 bits per heavy atom. The number of rotatable bonds is 8. The van der Waals surface area contributed by atoms with Gasteiger partial charge in [0.05, 0.1) is 12.7 Å². The largest absolute Gasteiger partial charge is 0.466 e. The van der Waals surface area contributed by atoms with Gasteiger partial charge in [0.15, 0.2) is 0 Å². The molecule has 1 fully saturated rings. The van der Waals surface area contributed by atoms with Crippen LogP contribution in [0.5, 0.6) is 0 Å².